The summed E-state index contributed by atoms with van der Waals surface area (Å²) in [5, 5.41) is 9.26. The fraction of sp³-hybridized carbons (Fsp3) is 0.500. The normalized spacial score (nSPS) is 13.4. The summed E-state index contributed by atoms with van der Waals surface area (Å²) < 4.78 is 0. The number of hydrogen-bond acceptors (Lipinski definition) is 3. The first kappa shape index (κ1) is 7.24. The molecule has 10 heavy (non-hydrogen) atoms. The van der Waals surface area contributed by atoms with E-state index in [0.717, 1.165) is 5.69 Å². The summed E-state index contributed by atoms with van der Waals surface area (Å²) >= 11 is 0. The van der Waals surface area contributed by atoms with Gasteiger partial charge in [-0.3, -0.25) is 0 Å². The highest BCUT2D eigenvalue weighted by Crippen LogP contribution is 2.10. The number of H-pyrrole nitrogens is 1. The molecule has 4 heteroatoms. The van der Waals surface area contributed by atoms with Crippen molar-refractivity contribution in [2.75, 3.05) is 6.54 Å². The Balaban J connectivity index is 2.50. The summed E-state index contributed by atoms with van der Waals surface area (Å²) in [5.74, 6) is 0. The average molecular weight is 141 g/mol. The molecule has 56 valence electrons. The van der Waals surface area contributed by atoms with Gasteiger partial charge in [0.15, 0.2) is 0 Å². The minimum Gasteiger partial charge on any atom is -0.387 e. The van der Waals surface area contributed by atoms with Crippen molar-refractivity contribution in [1.82, 2.24) is 9.97 Å². The van der Waals surface area contributed by atoms with Gasteiger partial charge in [-0.25, -0.2) is 4.98 Å². The van der Waals surface area contributed by atoms with E-state index in [9.17, 15) is 5.11 Å². The number of imidazole rings is 1. The Hall–Kier alpha value is -0.870. The molecule has 0 aliphatic rings. The van der Waals surface area contributed by atoms with Crippen LogP contribution in [0.2, 0.25) is 0 Å². The van der Waals surface area contributed by atoms with Crippen LogP contribution in [0.25, 0.3) is 0 Å². The highest BCUT2D eigenvalue weighted by Gasteiger charge is 2.05. The summed E-state index contributed by atoms with van der Waals surface area (Å²) in [6.45, 7) is 0.486. The zero-order valence-corrected chi connectivity index (χ0v) is 5.62. The summed E-state index contributed by atoms with van der Waals surface area (Å²) in [6, 6.07) is 0. The topological polar surface area (TPSA) is 74.9 Å². The maximum Gasteiger partial charge on any atom is 0.0965 e. The summed E-state index contributed by atoms with van der Waals surface area (Å²) in [4.78, 5) is 6.57. The van der Waals surface area contributed by atoms with Gasteiger partial charge in [0.2, 0.25) is 0 Å². The van der Waals surface area contributed by atoms with Crippen LogP contribution in [0.5, 0.6) is 0 Å². The van der Waals surface area contributed by atoms with Crippen molar-refractivity contribution in [2.24, 2.45) is 5.73 Å². The fourth-order valence-corrected chi connectivity index (χ4v) is 0.762. The Morgan fingerprint density at radius 3 is 3.10 bits per heavy atom. The van der Waals surface area contributed by atoms with E-state index in [1.807, 2.05) is 0 Å². The van der Waals surface area contributed by atoms with Crippen LogP contribution in [0.1, 0.15) is 18.2 Å². The Bertz CT molecular complexity index is 173. The van der Waals surface area contributed by atoms with Gasteiger partial charge in [-0.1, -0.05) is 0 Å². The van der Waals surface area contributed by atoms with Gasteiger partial charge in [0, 0.05) is 0 Å². The molecule has 1 rings (SSSR count). The number of nitrogens with one attached hydrogen (secondary N) is 1. The Labute approximate surface area is 59.1 Å². The smallest absolute Gasteiger partial charge is 0.0965 e. The maximum absolute atomic E-state index is 9.26. The minimum atomic E-state index is -0.493. The predicted molar refractivity (Wildman–Crippen MR) is 37.2 cm³/mol. The van der Waals surface area contributed by atoms with E-state index in [0.29, 0.717) is 13.0 Å². The fourth-order valence-electron chi connectivity index (χ4n) is 0.762. The number of hydrogen-bond donors (Lipinski definition) is 3. The van der Waals surface area contributed by atoms with Gasteiger partial charge in [-0.15, -0.1) is 0 Å². The van der Waals surface area contributed by atoms with E-state index in [1.54, 1.807) is 6.20 Å². The SMILES string of the molecule is NCC[C@@H](O)c1cnc[nH]1. The van der Waals surface area contributed by atoms with Crippen molar-refractivity contribution in [3.8, 4) is 0 Å². The standard InChI is InChI=1S/C6H11N3O/c7-2-1-6(10)5-3-8-4-9-5/h3-4,6,10H,1-2,7H2,(H,8,9)/t6-/m1/s1. The molecule has 0 saturated carbocycles. The first-order valence-corrected chi connectivity index (χ1v) is 3.21. The van der Waals surface area contributed by atoms with Crippen LogP contribution in [0, 0.1) is 0 Å². The van der Waals surface area contributed by atoms with E-state index in [2.05, 4.69) is 9.97 Å². The second-order valence-corrected chi connectivity index (χ2v) is 2.10. The van der Waals surface area contributed by atoms with Crippen LogP contribution >= 0.6 is 0 Å². The average Bonchev–Trinajstić information content (AvgIpc) is 2.38. The third-order valence-corrected chi connectivity index (χ3v) is 1.32. The lowest BCUT2D eigenvalue weighted by atomic mass is 10.2. The molecule has 0 spiro atoms. The van der Waals surface area contributed by atoms with E-state index >= 15 is 0 Å². The van der Waals surface area contributed by atoms with E-state index in [-0.39, 0.29) is 0 Å². The van der Waals surface area contributed by atoms with Crippen LogP contribution < -0.4 is 5.73 Å². The van der Waals surface area contributed by atoms with Crippen molar-refractivity contribution < 1.29 is 5.11 Å². The second-order valence-electron chi connectivity index (χ2n) is 2.10. The first-order chi connectivity index (χ1) is 4.84. The molecule has 0 bridgehead atoms. The van der Waals surface area contributed by atoms with Gasteiger partial charge in [0.05, 0.1) is 24.3 Å². The van der Waals surface area contributed by atoms with Gasteiger partial charge in [-0.05, 0) is 13.0 Å². The molecule has 0 aromatic carbocycles. The number of rotatable bonds is 3. The molecule has 1 atom stereocenters. The van der Waals surface area contributed by atoms with E-state index in [4.69, 9.17) is 5.73 Å². The Kier molecular flexibility index (Phi) is 2.42. The Morgan fingerprint density at radius 1 is 1.80 bits per heavy atom. The van der Waals surface area contributed by atoms with Crippen LogP contribution in [-0.2, 0) is 0 Å². The molecule has 1 aromatic heterocycles. The van der Waals surface area contributed by atoms with Crippen LogP contribution in [-0.4, -0.2) is 21.6 Å². The first-order valence-electron chi connectivity index (χ1n) is 3.21. The number of nitrogens with two attached hydrogens (primary N) is 1. The Morgan fingerprint density at radius 2 is 2.60 bits per heavy atom. The lowest BCUT2D eigenvalue weighted by molar-refractivity contribution is 0.166. The molecule has 4 N–H and O–H groups in total. The van der Waals surface area contributed by atoms with E-state index in [1.165, 1.54) is 6.33 Å². The number of aliphatic hydroxyl groups excluding tert-OH is 1. The van der Waals surface area contributed by atoms with Gasteiger partial charge < -0.3 is 15.8 Å². The van der Waals surface area contributed by atoms with Gasteiger partial charge in [0.1, 0.15) is 0 Å². The third kappa shape index (κ3) is 1.55. The second kappa shape index (κ2) is 3.34. The molecule has 4 nitrogen and oxygen atoms in total. The molecular formula is C6H11N3O. The third-order valence-electron chi connectivity index (χ3n) is 1.32. The van der Waals surface area contributed by atoms with Crippen LogP contribution in [0.3, 0.4) is 0 Å². The van der Waals surface area contributed by atoms with Crippen molar-refractivity contribution in [1.29, 1.82) is 0 Å². The zero-order valence-electron chi connectivity index (χ0n) is 5.62. The highest BCUT2D eigenvalue weighted by molar-refractivity contribution is 4.98. The monoisotopic (exact) mass is 141 g/mol. The molecule has 0 aliphatic carbocycles. The van der Waals surface area contributed by atoms with Gasteiger partial charge >= 0.3 is 0 Å². The molecule has 1 aromatic rings. The maximum atomic E-state index is 9.26. The molecule has 0 unspecified atom stereocenters. The lowest BCUT2D eigenvalue weighted by Crippen LogP contribution is -2.06. The molecule has 0 fully saturated rings. The van der Waals surface area contributed by atoms with E-state index < -0.39 is 6.10 Å². The minimum absolute atomic E-state index is 0.486. The zero-order chi connectivity index (χ0) is 7.40. The van der Waals surface area contributed by atoms with Crippen molar-refractivity contribution in [3.63, 3.8) is 0 Å². The molecule has 1 heterocycles. The summed E-state index contributed by atoms with van der Waals surface area (Å²) in [6.07, 6.45) is 3.21. The van der Waals surface area contributed by atoms with Crippen molar-refractivity contribution in [2.45, 2.75) is 12.5 Å². The number of nitrogens with zero attached hydrogens (tertiary/aromatic N) is 1. The summed E-state index contributed by atoms with van der Waals surface area (Å²) in [5.41, 5.74) is 5.97. The number of aromatic nitrogens is 2. The molecule has 0 aliphatic heterocycles. The predicted octanol–water partition coefficient (Wildman–Crippen LogP) is -0.208. The van der Waals surface area contributed by atoms with Gasteiger partial charge in [0.25, 0.3) is 0 Å². The number of aliphatic hydroxyl groups is 1. The highest BCUT2D eigenvalue weighted by atomic mass is 16.3. The molecule has 0 saturated heterocycles. The molecular weight excluding hydrogens is 130 g/mol. The number of aromatic amines is 1. The quantitative estimate of drug-likeness (QED) is 0.545. The molecule has 0 radical (unpaired) electrons. The largest absolute Gasteiger partial charge is 0.387 e. The van der Waals surface area contributed by atoms with Crippen molar-refractivity contribution in [3.05, 3.63) is 18.2 Å². The summed E-state index contributed by atoms with van der Waals surface area (Å²) in [7, 11) is 0. The van der Waals surface area contributed by atoms with Crippen LogP contribution in [0.4, 0.5) is 0 Å². The molecule has 0 amide bonds. The lowest BCUT2D eigenvalue weighted by Gasteiger charge is -2.04. The van der Waals surface area contributed by atoms with Gasteiger partial charge in [-0.2, -0.15) is 0 Å². The van der Waals surface area contributed by atoms with Crippen molar-refractivity contribution >= 4 is 0 Å². The van der Waals surface area contributed by atoms with Crippen LogP contribution in [0.15, 0.2) is 12.5 Å².